The first-order valence-corrected chi connectivity index (χ1v) is 8.62. The van der Waals surface area contributed by atoms with Gasteiger partial charge in [-0.1, -0.05) is 25.1 Å². The molecule has 0 fully saturated rings. The van der Waals surface area contributed by atoms with Crippen LogP contribution in [0, 0.1) is 14.9 Å². The van der Waals surface area contributed by atoms with E-state index in [1.165, 1.54) is 0 Å². The highest BCUT2D eigenvalue weighted by Gasteiger charge is 2.11. The van der Waals surface area contributed by atoms with E-state index < -0.39 is 5.91 Å². The zero-order valence-corrected chi connectivity index (χ0v) is 15.4. The van der Waals surface area contributed by atoms with E-state index in [1.54, 1.807) is 18.2 Å². The maximum Gasteiger partial charge on any atom is 0.266 e. The molecule has 2 rings (SSSR count). The fourth-order valence-electron chi connectivity index (χ4n) is 1.98. The topological polar surface area (TPSA) is 62.1 Å². The number of hydrogen-bond donors (Lipinski definition) is 1. The summed E-state index contributed by atoms with van der Waals surface area (Å²) in [7, 11) is 0. The quantitative estimate of drug-likeness (QED) is 0.412. The Hall–Kier alpha value is -2.33. The van der Waals surface area contributed by atoms with Gasteiger partial charge in [0.25, 0.3) is 5.91 Å². The van der Waals surface area contributed by atoms with Gasteiger partial charge in [0.15, 0.2) is 0 Å². The second-order valence-electron chi connectivity index (χ2n) is 5.02. The highest BCUT2D eigenvalue weighted by Crippen LogP contribution is 2.22. The van der Waals surface area contributed by atoms with Crippen LogP contribution in [0.25, 0.3) is 6.08 Å². The third-order valence-electron chi connectivity index (χ3n) is 3.15. The van der Waals surface area contributed by atoms with Crippen LogP contribution in [0.1, 0.15) is 18.9 Å². The first-order chi connectivity index (χ1) is 11.6. The predicted molar refractivity (Wildman–Crippen MR) is 104 cm³/mol. The van der Waals surface area contributed by atoms with Crippen LogP contribution in [0.5, 0.6) is 5.75 Å². The number of hydrogen-bond acceptors (Lipinski definition) is 3. The van der Waals surface area contributed by atoms with E-state index in [-0.39, 0.29) is 5.57 Å². The van der Waals surface area contributed by atoms with E-state index in [9.17, 15) is 10.1 Å². The number of carbonyl (C=O) groups is 1. The summed E-state index contributed by atoms with van der Waals surface area (Å²) in [6.07, 6.45) is 2.43. The number of amides is 1. The Kier molecular flexibility index (Phi) is 6.82. The van der Waals surface area contributed by atoms with E-state index in [2.05, 4.69) is 27.9 Å². The minimum absolute atomic E-state index is 0.0288. The van der Waals surface area contributed by atoms with Crippen LogP contribution in [0.4, 0.5) is 5.69 Å². The van der Waals surface area contributed by atoms with Gasteiger partial charge in [0.1, 0.15) is 17.4 Å². The van der Waals surface area contributed by atoms with Crippen molar-refractivity contribution in [3.05, 3.63) is 63.2 Å². The predicted octanol–water partition coefficient (Wildman–Crippen LogP) is 4.63. The standard InChI is InChI=1S/C19H17IN2O2/c1-2-11-24-18-6-4-3-5-14(18)12-15(13-21)19(23)22-17-9-7-16(20)8-10-17/h3-10,12H,2,11H2,1H3,(H,22,23)/b15-12+. The highest BCUT2D eigenvalue weighted by atomic mass is 127. The molecule has 1 N–H and O–H groups in total. The zero-order chi connectivity index (χ0) is 17.4. The van der Waals surface area contributed by atoms with Crippen molar-refractivity contribution in [1.29, 1.82) is 5.26 Å². The Bertz CT molecular complexity index is 777. The van der Waals surface area contributed by atoms with E-state index in [4.69, 9.17) is 4.74 Å². The molecule has 122 valence electrons. The first-order valence-electron chi connectivity index (χ1n) is 7.54. The van der Waals surface area contributed by atoms with Crippen molar-refractivity contribution in [1.82, 2.24) is 0 Å². The van der Waals surface area contributed by atoms with Crippen LogP contribution in [0.3, 0.4) is 0 Å². The average Bonchev–Trinajstić information content (AvgIpc) is 2.60. The van der Waals surface area contributed by atoms with Crippen LogP contribution < -0.4 is 10.1 Å². The second kappa shape index (κ2) is 9.08. The monoisotopic (exact) mass is 432 g/mol. The molecule has 2 aromatic carbocycles. The van der Waals surface area contributed by atoms with Crippen molar-refractivity contribution in [3.63, 3.8) is 0 Å². The van der Waals surface area contributed by atoms with Gasteiger partial charge >= 0.3 is 0 Å². The van der Waals surface area contributed by atoms with Gasteiger partial charge in [-0.25, -0.2) is 0 Å². The van der Waals surface area contributed by atoms with Gasteiger partial charge < -0.3 is 10.1 Å². The number of nitriles is 1. The van der Waals surface area contributed by atoms with Crippen molar-refractivity contribution in [2.45, 2.75) is 13.3 Å². The lowest BCUT2D eigenvalue weighted by molar-refractivity contribution is -0.112. The third kappa shape index (κ3) is 5.10. The van der Waals surface area contributed by atoms with E-state index >= 15 is 0 Å². The maximum absolute atomic E-state index is 12.3. The molecule has 0 aliphatic carbocycles. The molecular weight excluding hydrogens is 415 g/mol. The average molecular weight is 432 g/mol. The van der Waals surface area contributed by atoms with E-state index in [1.807, 2.05) is 49.4 Å². The van der Waals surface area contributed by atoms with Crippen molar-refractivity contribution >= 4 is 40.3 Å². The van der Waals surface area contributed by atoms with Gasteiger partial charge in [0, 0.05) is 14.8 Å². The Morgan fingerprint density at radius 1 is 1.25 bits per heavy atom. The van der Waals surface area contributed by atoms with Gasteiger partial charge in [-0.3, -0.25) is 4.79 Å². The lowest BCUT2D eigenvalue weighted by atomic mass is 10.1. The Morgan fingerprint density at radius 3 is 2.62 bits per heavy atom. The second-order valence-corrected chi connectivity index (χ2v) is 6.26. The van der Waals surface area contributed by atoms with Crippen LogP contribution in [0.2, 0.25) is 0 Å². The molecule has 0 aromatic heterocycles. The fourth-order valence-corrected chi connectivity index (χ4v) is 2.34. The summed E-state index contributed by atoms with van der Waals surface area (Å²) in [4.78, 5) is 12.3. The molecule has 0 radical (unpaired) electrons. The number of halogens is 1. The van der Waals surface area contributed by atoms with Crippen LogP contribution in [0.15, 0.2) is 54.1 Å². The van der Waals surface area contributed by atoms with Gasteiger partial charge in [-0.2, -0.15) is 5.26 Å². The van der Waals surface area contributed by atoms with E-state index in [0.29, 0.717) is 23.6 Å². The summed E-state index contributed by atoms with van der Waals surface area (Å²) in [5, 5.41) is 12.1. The molecule has 0 atom stereocenters. The van der Waals surface area contributed by atoms with Gasteiger partial charge in [0.05, 0.1) is 6.61 Å². The molecular formula is C19H17IN2O2. The molecule has 5 heteroatoms. The van der Waals surface area contributed by atoms with Gasteiger partial charge in [-0.15, -0.1) is 0 Å². The maximum atomic E-state index is 12.3. The normalized spacial score (nSPS) is 10.8. The Morgan fingerprint density at radius 2 is 1.96 bits per heavy atom. The molecule has 0 aliphatic heterocycles. The van der Waals surface area contributed by atoms with Crippen molar-refractivity contribution in [2.24, 2.45) is 0 Å². The first kappa shape index (κ1) is 18.0. The number of anilines is 1. The number of nitrogens with one attached hydrogen (secondary N) is 1. The van der Waals surface area contributed by atoms with Gasteiger partial charge in [0.2, 0.25) is 0 Å². The molecule has 4 nitrogen and oxygen atoms in total. The number of para-hydroxylation sites is 1. The largest absolute Gasteiger partial charge is 0.493 e. The van der Waals surface area contributed by atoms with Crippen molar-refractivity contribution in [3.8, 4) is 11.8 Å². The summed E-state index contributed by atoms with van der Waals surface area (Å²) in [6, 6.07) is 16.7. The molecule has 0 aliphatic rings. The number of ether oxygens (including phenoxy) is 1. The third-order valence-corrected chi connectivity index (χ3v) is 3.87. The van der Waals surface area contributed by atoms with Crippen LogP contribution in [-0.4, -0.2) is 12.5 Å². The molecule has 0 unspecified atom stereocenters. The number of rotatable bonds is 6. The summed E-state index contributed by atoms with van der Waals surface area (Å²) in [6.45, 7) is 2.61. The fraction of sp³-hybridized carbons (Fsp3) is 0.158. The summed E-state index contributed by atoms with van der Waals surface area (Å²) >= 11 is 2.19. The zero-order valence-electron chi connectivity index (χ0n) is 13.3. The van der Waals surface area contributed by atoms with Crippen molar-refractivity contribution in [2.75, 3.05) is 11.9 Å². The summed E-state index contributed by atoms with van der Waals surface area (Å²) in [5.41, 5.74) is 1.39. The van der Waals surface area contributed by atoms with Gasteiger partial charge in [-0.05, 0) is 65.4 Å². The minimum Gasteiger partial charge on any atom is -0.493 e. The molecule has 0 bridgehead atoms. The number of carbonyl (C=O) groups excluding carboxylic acids is 1. The molecule has 0 saturated carbocycles. The molecule has 0 saturated heterocycles. The summed E-state index contributed by atoms with van der Waals surface area (Å²) < 4.78 is 6.73. The lowest BCUT2D eigenvalue weighted by Gasteiger charge is -2.09. The molecule has 0 heterocycles. The van der Waals surface area contributed by atoms with Crippen molar-refractivity contribution < 1.29 is 9.53 Å². The molecule has 0 spiro atoms. The summed E-state index contributed by atoms with van der Waals surface area (Å²) in [5.74, 6) is 0.221. The van der Waals surface area contributed by atoms with Crippen LogP contribution in [-0.2, 0) is 4.79 Å². The lowest BCUT2D eigenvalue weighted by Crippen LogP contribution is -2.13. The Labute approximate surface area is 155 Å². The molecule has 1 amide bonds. The minimum atomic E-state index is -0.441. The molecule has 2 aromatic rings. The Balaban J connectivity index is 2.21. The van der Waals surface area contributed by atoms with Crippen LogP contribution >= 0.6 is 22.6 Å². The van der Waals surface area contributed by atoms with E-state index in [0.717, 1.165) is 9.99 Å². The number of nitrogens with zero attached hydrogens (tertiary/aromatic N) is 1. The number of benzene rings is 2. The SMILES string of the molecule is CCCOc1ccccc1/C=C(\C#N)C(=O)Nc1ccc(I)cc1. The highest BCUT2D eigenvalue weighted by molar-refractivity contribution is 14.1. The smallest absolute Gasteiger partial charge is 0.266 e. The molecule has 24 heavy (non-hydrogen) atoms.